The van der Waals surface area contributed by atoms with Crippen LogP contribution in [-0.2, 0) is 6.42 Å². The van der Waals surface area contributed by atoms with Crippen molar-refractivity contribution in [3.05, 3.63) is 48.0 Å². The van der Waals surface area contributed by atoms with Crippen LogP contribution in [0, 0.1) is 5.82 Å². The van der Waals surface area contributed by atoms with Crippen LogP contribution < -0.4 is 10.6 Å². The number of aromatic nitrogens is 2. The molecule has 22 heavy (non-hydrogen) atoms. The average molecular weight is 308 g/mol. The van der Waals surface area contributed by atoms with E-state index >= 15 is 0 Å². The van der Waals surface area contributed by atoms with Crippen LogP contribution in [0.3, 0.4) is 0 Å². The van der Waals surface area contributed by atoms with Crippen molar-refractivity contribution in [3.63, 3.8) is 0 Å². The van der Waals surface area contributed by atoms with Gasteiger partial charge in [-0.25, -0.2) is 18.3 Å². The molecule has 118 valence electrons. The molecule has 0 radical (unpaired) electrons. The summed E-state index contributed by atoms with van der Waals surface area (Å²) in [4.78, 5) is 11.4. The van der Waals surface area contributed by atoms with Gasteiger partial charge in [-0.05, 0) is 37.3 Å². The number of carbonyl (C=O) groups excluding carboxylic acids is 1. The van der Waals surface area contributed by atoms with Gasteiger partial charge in [0.25, 0.3) is 0 Å². The van der Waals surface area contributed by atoms with E-state index in [2.05, 4.69) is 15.7 Å². The Bertz CT molecular complexity index is 612. The summed E-state index contributed by atoms with van der Waals surface area (Å²) in [6.45, 7) is 1.38. The zero-order valence-corrected chi connectivity index (χ0v) is 12.2. The third-order valence-electron chi connectivity index (χ3n) is 3.01. The number of hydrogen-bond donors (Lipinski definition) is 2. The number of hydrogen-bond acceptors (Lipinski definition) is 2. The number of urea groups is 1. The van der Waals surface area contributed by atoms with Crippen molar-refractivity contribution in [1.29, 1.82) is 0 Å². The van der Waals surface area contributed by atoms with E-state index in [0.29, 0.717) is 13.0 Å². The highest BCUT2D eigenvalue weighted by atomic mass is 19.1. The van der Waals surface area contributed by atoms with Gasteiger partial charge in [0, 0.05) is 19.2 Å². The Kier molecular flexibility index (Phi) is 5.46. The Hall–Kier alpha value is -2.44. The van der Waals surface area contributed by atoms with E-state index in [0.717, 1.165) is 11.4 Å². The van der Waals surface area contributed by atoms with E-state index in [1.54, 1.807) is 29.9 Å². The van der Waals surface area contributed by atoms with Crippen LogP contribution in [-0.4, -0.2) is 35.1 Å². The molecule has 0 fully saturated rings. The molecule has 2 amide bonds. The van der Waals surface area contributed by atoms with Crippen molar-refractivity contribution in [1.82, 2.24) is 20.4 Å². The molecule has 0 unspecified atom stereocenters. The number of rotatable bonds is 6. The molecule has 1 aromatic carbocycles. The second kappa shape index (κ2) is 7.53. The summed E-state index contributed by atoms with van der Waals surface area (Å²) in [5.74, 6) is -0.297. The molecule has 0 aliphatic rings. The first kappa shape index (κ1) is 15.9. The predicted octanol–water partition coefficient (Wildman–Crippen LogP) is 2.21. The monoisotopic (exact) mass is 308 g/mol. The van der Waals surface area contributed by atoms with Gasteiger partial charge in [0.1, 0.15) is 12.5 Å². The standard InChI is InChI=1S/C15H18F2N4O/c1-11(10-16)19-15(22)18-8-6-13-7-9-21(20-13)14-4-2-12(17)3-5-14/h2-5,7,9,11H,6,8,10H2,1H3,(H2,18,19,22)/t11-/m0/s1. The summed E-state index contributed by atoms with van der Waals surface area (Å²) in [7, 11) is 0. The SMILES string of the molecule is C[C@@H](CF)NC(=O)NCCc1ccn(-c2ccc(F)cc2)n1. The molecular formula is C15H18F2N4O. The van der Waals surface area contributed by atoms with Gasteiger partial charge in [0.05, 0.1) is 17.4 Å². The van der Waals surface area contributed by atoms with Gasteiger partial charge in [-0.1, -0.05) is 0 Å². The fraction of sp³-hybridized carbons (Fsp3) is 0.333. The zero-order valence-electron chi connectivity index (χ0n) is 12.2. The van der Waals surface area contributed by atoms with Crippen LogP contribution >= 0.6 is 0 Å². The second-order valence-electron chi connectivity index (χ2n) is 4.93. The first-order chi connectivity index (χ1) is 10.6. The van der Waals surface area contributed by atoms with Crippen LogP contribution in [0.4, 0.5) is 13.6 Å². The number of amides is 2. The number of halogens is 2. The van der Waals surface area contributed by atoms with E-state index in [9.17, 15) is 13.6 Å². The summed E-state index contributed by atoms with van der Waals surface area (Å²) in [5.41, 5.74) is 1.55. The lowest BCUT2D eigenvalue weighted by atomic mass is 10.3. The summed E-state index contributed by atoms with van der Waals surface area (Å²) < 4.78 is 26.7. The molecule has 0 saturated carbocycles. The van der Waals surface area contributed by atoms with E-state index in [1.165, 1.54) is 12.1 Å². The highest BCUT2D eigenvalue weighted by molar-refractivity contribution is 5.74. The van der Waals surface area contributed by atoms with Gasteiger partial charge in [-0.3, -0.25) is 0 Å². The maximum Gasteiger partial charge on any atom is 0.315 e. The maximum atomic E-state index is 12.9. The van der Waals surface area contributed by atoms with E-state index in [-0.39, 0.29) is 5.82 Å². The fourth-order valence-electron chi connectivity index (χ4n) is 1.85. The minimum Gasteiger partial charge on any atom is -0.338 e. The summed E-state index contributed by atoms with van der Waals surface area (Å²) in [6, 6.07) is 6.93. The molecule has 2 rings (SSSR count). The molecule has 0 bridgehead atoms. The number of carbonyl (C=O) groups is 1. The number of nitrogens with one attached hydrogen (secondary N) is 2. The molecule has 0 saturated heterocycles. The van der Waals surface area contributed by atoms with Gasteiger partial charge >= 0.3 is 6.03 Å². The van der Waals surface area contributed by atoms with Crippen molar-refractivity contribution in [2.24, 2.45) is 0 Å². The fourth-order valence-corrected chi connectivity index (χ4v) is 1.85. The topological polar surface area (TPSA) is 59.0 Å². The molecule has 2 aromatic rings. The minimum absolute atomic E-state index is 0.297. The van der Waals surface area contributed by atoms with E-state index in [1.807, 2.05) is 6.07 Å². The van der Waals surface area contributed by atoms with Crippen LogP contribution in [0.5, 0.6) is 0 Å². The first-order valence-corrected chi connectivity index (χ1v) is 6.99. The van der Waals surface area contributed by atoms with E-state index < -0.39 is 18.7 Å². The Morgan fingerprint density at radius 1 is 1.32 bits per heavy atom. The second-order valence-corrected chi connectivity index (χ2v) is 4.93. The summed E-state index contributed by atoms with van der Waals surface area (Å²) in [6.07, 6.45) is 2.32. The quantitative estimate of drug-likeness (QED) is 0.859. The molecule has 0 aliphatic heterocycles. The third kappa shape index (κ3) is 4.54. The van der Waals surface area contributed by atoms with Gasteiger partial charge in [-0.2, -0.15) is 5.10 Å². The molecule has 2 N–H and O–H groups in total. The largest absolute Gasteiger partial charge is 0.338 e. The van der Waals surface area contributed by atoms with Crippen LogP contribution in [0.1, 0.15) is 12.6 Å². The van der Waals surface area contributed by atoms with Gasteiger partial charge < -0.3 is 10.6 Å². The van der Waals surface area contributed by atoms with Crippen LogP contribution in [0.25, 0.3) is 5.69 Å². The maximum absolute atomic E-state index is 12.9. The highest BCUT2D eigenvalue weighted by Gasteiger charge is 2.06. The van der Waals surface area contributed by atoms with Crippen molar-refractivity contribution in [2.75, 3.05) is 13.2 Å². The molecule has 1 heterocycles. The summed E-state index contributed by atoms with van der Waals surface area (Å²) >= 11 is 0. The normalized spacial score (nSPS) is 12.0. The summed E-state index contributed by atoms with van der Waals surface area (Å²) in [5, 5.41) is 9.45. The van der Waals surface area contributed by atoms with Gasteiger partial charge in [0.2, 0.25) is 0 Å². The number of alkyl halides is 1. The van der Waals surface area contributed by atoms with Crippen molar-refractivity contribution in [2.45, 2.75) is 19.4 Å². The average Bonchev–Trinajstić information content (AvgIpc) is 2.96. The van der Waals surface area contributed by atoms with Crippen LogP contribution in [0.2, 0.25) is 0 Å². The lowest BCUT2D eigenvalue weighted by molar-refractivity contribution is 0.235. The molecule has 1 atom stereocenters. The predicted molar refractivity (Wildman–Crippen MR) is 79.2 cm³/mol. The van der Waals surface area contributed by atoms with Crippen LogP contribution in [0.15, 0.2) is 36.5 Å². The smallest absolute Gasteiger partial charge is 0.315 e. The number of benzene rings is 1. The minimum atomic E-state index is -0.602. The third-order valence-corrected chi connectivity index (χ3v) is 3.01. The molecule has 1 aromatic heterocycles. The molecule has 7 heteroatoms. The van der Waals surface area contributed by atoms with Crippen molar-refractivity contribution in [3.8, 4) is 5.69 Å². The Labute approximate surface area is 127 Å². The lowest BCUT2D eigenvalue weighted by Crippen LogP contribution is -2.42. The van der Waals surface area contributed by atoms with Gasteiger partial charge in [-0.15, -0.1) is 0 Å². The van der Waals surface area contributed by atoms with Gasteiger partial charge in [0.15, 0.2) is 0 Å². The molecular weight excluding hydrogens is 290 g/mol. The molecule has 0 spiro atoms. The zero-order chi connectivity index (χ0) is 15.9. The molecule has 5 nitrogen and oxygen atoms in total. The van der Waals surface area contributed by atoms with E-state index in [4.69, 9.17) is 0 Å². The Morgan fingerprint density at radius 3 is 2.73 bits per heavy atom. The highest BCUT2D eigenvalue weighted by Crippen LogP contribution is 2.09. The molecule has 0 aliphatic carbocycles. The Balaban J connectivity index is 1.82. The number of nitrogens with zero attached hydrogens (tertiary/aromatic N) is 2. The van der Waals surface area contributed by atoms with Crippen molar-refractivity contribution >= 4 is 6.03 Å². The first-order valence-electron chi connectivity index (χ1n) is 6.99. The lowest BCUT2D eigenvalue weighted by Gasteiger charge is -2.10. The Morgan fingerprint density at radius 2 is 2.05 bits per heavy atom. The van der Waals surface area contributed by atoms with Crippen molar-refractivity contribution < 1.29 is 13.6 Å².